The van der Waals surface area contributed by atoms with E-state index in [2.05, 4.69) is 56.4 Å². The molecule has 0 saturated carbocycles. The minimum atomic E-state index is -5.94. The van der Waals surface area contributed by atoms with Crippen molar-refractivity contribution in [3.8, 4) is 0 Å². The highest BCUT2D eigenvalue weighted by Gasteiger charge is 1.94. The first-order chi connectivity index (χ1) is 7.73. The van der Waals surface area contributed by atoms with Gasteiger partial charge in [-0.05, 0) is 0 Å². The van der Waals surface area contributed by atoms with Gasteiger partial charge >= 0.3 is 0 Å². The van der Waals surface area contributed by atoms with Crippen molar-refractivity contribution in [2.24, 2.45) is 0 Å². The van der Waals surface area contributed by atoms with E-state index in [1.165, 1.54) is 0 Å². The lowest BCUT2D eigenvalue weighted by atomic mass is 10.8. The van der Waals surface area contributed by atoms with Gasteiger partial charge in [0.15, 0.2) is 0 Å². The molecule has 0 aliphatic rings. The van der Waals surface area contributed by atoms with E-state index < -0.39 is 41.2 Å². The van der Waals surface area contributed by atoms with E-state index in [9.17, 15) is 0 Å². The van der Waals surface area contributed by atoms with Crippen LogP contribution in [0, 0.1) is 0 Å². The van der Waals surface area contributed by atoms with Crippen molar-refractivity contribution in [2.75, 3.05) is 56.4 Å². The van der Waals surface area contributed by atoms with Crippen molar-refractivity contribution in [3.05, 3.63) is 0 Å². The van der Waals surface area contributed by atoms with Gasteiger partial charge in [-0.2, -0.15) is 0 Å². The molecule has 0 heterocycles. The second kappa shape index (κ2) is 12.8. The molecule has 0 N–H and O–H groups in total. The molecule has 0 aromatic rings. The molecule has 19 heavy (non-hydrogen) atoms. The topological polar surface area (TPSA) is 161 Å². The van der Waals surface area contributed by atoms with Crippen LogP contribution < -0.4 is 65.2 Å². The number of hydrogen-bond acceptors (Lipinski definition) is 7. The first-order valence-corrected chi connectivity index (χ1v) is 10.8. The van der Waals surface area contributed by atoms with E-state index in [1.54, 1.807) is 0 Å². The van der Waals surface area contributed by atoms with Crippen LogP contribution >= 0.6 is 0 Å². The molecule has 11 heteroatoms. The van der Waals surface area contributed by atoms with E-state index in [1.807, 2.05) is 0 Å². The second-order valence-corrected chi connectivity index (χ2v) is 9.17. The van der Waals surface area contributed by atoms with Gasteiger partial charge in [-0.25, -0.2) is 0 Å². The lowest BCUT2D eigenvalue weighted by Crippen LogP contribution is -4.29. The summed E-state index contributed by atoms with van der Waals surface area (Å²) in [7, 11) is 17.0. The molecule has 0 aliphatic carbocycles. The smallest absolute Gasteiger partial charge is 0.282 e. The Morgan fingerprint density at radius 1 is 0.579 bits per heavy atom. The maximum atomic E-state index is 8.62. The Morgan fingerprint density at radius 3 is 0.579 bits per heavy atom. The zero-order chi connectivity index (χ0) is 17.1. The molecule has 0 atom stereocenters. The average Bonchev–Trinajstić information content (AvgIpc) is 1.66. The zero-order valence-corrected chi connectivity index (χ0v) is 16.8. The van der Waals surface area contributed by atoms with Gasteiger partial charge in [0.05, 0.1) is 56.4 Å². The molecule has 122 valence electrons. The first kappa shape index (κ1) is 28.3. The van der Waals surface area contributed by atoms with Crippen molar-refractivity contribution in [1.82, 2.24) is 0 Å². The summed E-state index contributed by atoms with van der Waals surface area (Å²) in [4.78, 5) is 0. The van der Waals surface area contributed by atoms with Gasteiger partial charge in [-0.1, -0.05) is 0 Å². The third kappa shape index (κ3) is 4620. The summed E-state index contributed by atoms with van der Waals surface area (Å²) in [6.07, 6.45) is 0. The van der Waals surface area contributed by atoms with Gasteiger partial charge in [-0.15, -0.1) is 0 Å². The van der Waals surface area contributed by atoms with Gasteiger partial charge in [0.1, 0.15) is 20.1 Å². The minimum absolute atomic E-state index is 1.00. The monoisotopic (exact) mass is 514 g/mol. The normalized spacial score (nSPS) is 11.4. The summed E-state index contributed by atoms with van der Waals surface area (Å²) in [5.74, 6) is 0. The van der Waals surface area contributed by atoms with Gasteiger partial charge in [0.25, 0.3) is 21.1 Å². The van der Waals surface area contributed by atoms with Crippen molar-refractivity contribution in [1.29, 1.82) is 0 Å². The Bertz CT molecular complexity index is 138. The summed E-state index contributed by atoms with van der Waals surface area (Å²) < 4.78 is 62.2. The number of rotatable bonds is 0. The lowest BCUT2D eigenvalue weighted by molar-refractivity contribution is -2.00. The van der Waals surface area contributed by atoms with Gasteiger partial charge in [0, 0.05) is 0 Å². The van der Waals surface area contributed by atoms with Gasteiger partial charge in [0.2, 0.25) is 0 Å². The molecule has 0 spiro atoms. The van der Waals surface area contributed by atoms with Crippen molar-refractivity contribution >= 4 is 0 Å². The lowest BCUT2D eigenvalue weighted by Gasteiger charge is -2.14. The molecule has 0 aliphatic heterocycles. The van der Waals surface area contributed by atoms with Gasteiger partial charge < -0.3 is 19.3 Å². The predicted octanol–water partition coefficient (Wildman–Crippen LogP) is -13.7. The molecule has 0 fully saturated rings. The highest BCUT2D eigenvalue weighted by molar-refractivity contribution is 3.87. The molecule has 0 saturated heterocycles. The van der Waals surface area contributed by atoms with Crippen molar-refractivity contribution < 1.29 is 74.2 Å². The predicted molar refractivity (Wildman–Crippen MR) is 47.9 cm³/mol. The fourth-order valence-electron chi connectivity index (χ4n) is 0. The number of hydrogen-bond donors (Lipinski definition) is 0. The third-order valence-electron chi connectivity index (χ3n) is 0. The van der Waals surface area contributed by atoms with Gasteiger partial charge in [-0.3, -0.25) is 13.7 Å². The fraction of sp³-hybridized carbons (Fsp3) is 1.00. The Labute approximate surface area is 130 Å². The molecule has 0 radical (unpaired) electrons. The Hall–Kier alpha value is 1.10. The van der Waals surface area contributed by atoms with Crippen molar-refractivity contribution in [3.63, 3.8) is 0 Å². The molecule has 0 aromatic carbocycles. The van der Waals surface area contributed by atoms with E-state index in [0.717, 1.165) is 8.97 Å². The highest BCUT2D eigenvalue weighted by atomic mass is 127. The van der Waals surface area contributed by atoms with Crippen LogP contribution in [-0.4, -0.2) is 65.3 Å². The molecule has 0 bridgehead atoms. The Morgan fingerprint density at radius 2 is 0.579 bits per heavy atom. The quantitative estimate of drug-likeness (QED) is 0.229. The summed E-state index contributed by atoms with van der Waals surface area (Å²) in [5, 5.41) is 0. The molecule has 0 rings (SSSR count). The maximum Gasteiger partial charge on any atom is 0.282 e. The van der Waals surface area contributed by atoms with Crippen LogP contribution in [-0.2, 0) is 0 Å². The van der Waals surface area contributed by atoms with E-state index in [4.69, 9.17) is 24.1 Å². The van der Waals surface area contributed by atoms with Crippen LogP contribution in [0.4, 0.5) is 0 Å². The van der Waals surface area contributed by atoms with Crippen LogP contribution in [0.3, 0.4) is 0 Å². The van der Waals surface area contributed by atoms with Crippen LogP contribution in [0.2, 0.25) is 0 Å². The number of halogens is 2. The maximum absolute atomic E-state index is 8.62. The third-order valence-corrected chi connectivity index (χ3v) is 0. The largest absolute Gasteiger partial charge is 0.427 e. The minimum Gasteiger partial charge on any atom is -0.427 e. The van der Waals surface area contributed by atoms with E-state index in [-0.39, 0.29) is 0 Å². The van der Waals surface area contributed by atoms with Crippen LogP contribution in [0.15, 0.2) is 0 Å². The highest BCUT2D eigenvalue weighted by Crippen LogP contribution is 1.74. The summed E-state index contributed by atoms with van der Waals surface area (Å²) >= 11 is -9.95. The van der Waals surface area contributed by atoms with Crippen LogP contribution in [0.5, 0.6) is 0 Å². The summed E-state index contributed by atoms with van der Waals surface area (Å²) in [6.45, 7) is 0. The number of quaternary nitrogens is 2. The Balaban J connectivity index is -0.0000000793. The average molecular weight is 514 g/mol. The Kier molecular flexibility index (Phi) is 19.1. The summed E-state index contributed by atoms with van der Waals surface area (Å²) in [6, 6.07) is 0. The fourth-order valence-corrected chi connectivity index (χ4v) is 0. The molecule has 0 amide bonds. The zero-order valence-electron chi connectivity index (χ0n) is 12.5. The molecule has 9 nitrogen and oxygen atoms in total. The summed E-state index contributed by atoms with van der Waals surface area (Å²) in [5.41, 5.74) is 0. The van der Waals surface area contributed by atoms with Crippen LogP contribution in [0.25, 0.3) is 0 Å². The molecule has 0 aromatic heterocycles. The van der Waals surface area contributed by atoms with Crippen molar-refractivity contribution in [2.45, 2.75) is 0 Å². The molecular weight excluding hydrogens is 490 g/mol. The van der Waals surface area contributed by atoms with E-state index in [0.29, 0.717) is 0 Å². The molecule has 0 unspecified atom stereocenters. The van der Waals surface area contributed by atoms with E-state index >= 15 is 0 Å². The standard InChI is InChI=1S/2C4H12N.IO4.IO3/c2*1-5(2,3)4;2-1(3,4)5;2-1(3)4/h2*1-4H3;;/q2*+1;2*-1. The number of nitrogens with zero attached hydrogens (tertiary/aromatic N) is 2. The second-order valence-electron chi connectivity index (χ2n) is 5.93. The molecular formula is C8H24I2N2O7. The van der Waals surface area contributed by atoms with Crippen LogP contribution in [0.1, 0.15) is 0 Å². The first-order valence-electron chi connectivity index (χ1n) is 4.66. The SMILES string of the molecule is C[N+](C)(C)C.C[N+](C)(C)C.[O-][I+2]([O-])[O-].[O-][I+3]([O-])([O-])[O-].